The number of carbonyl (C=O) groups is 1. The summed E-state index contributed by atoms with van der Waals surface area (Å²) >= 11 is 0. The summed E-state index contributed by atoms with van der Waals surface area (Å²) in [4.78, 5) is 31.9. The number of hydrogen-bond acceptors (Lipinski definition) is 8. The van der Waals surface area contributed by atoms with Crippen LogP contribution in [0, 0.1) is 0 Å². The molecular weight excluding hydrogens is 384 g/mol. The molecule has 4 heterocycles. The van der Waals surface area contributed by atoms with Crippen LogP contribution in [0.2, 0.25) is 0 Å². The molecule has 0 bridgehead atoms. The van der Waals surface area contributed by atoms with E-state index in [9.17, 15) is 9.90 Å². The van der Waals surface area contributed by atoms with Gasteiger partial charge in [-0.1, -0.05) is 12.8 Å². The maximum absolute atomic E-state index is 11.8. The molecule has 0 aromatic carbocycles. The fraction of sp³-hybridized carbons (Fsp3) is 0.450. The van der Waals surface area contributed by atoms with Crippen molar-refractivity contribution in [2.24, 2.45) is 0 Å². The number of aromatic nitrogens is 5. The van der Waals surface area contributed by atoms with Gasteiger partial charge < -0.3 is 25.2 Å². The highest BCUT2D eigenvalue weighted by Gasteiger charge is 2.25. The highest BCUT2D eigenvalue weighted by atomic mass is 16.4. The molecule has 30 heavy (non-hydrogen) atoms. The van der Waals surface area contributed by atoms with Crippen LogP contribution in [0.5, 0.6) is 0 Å². The summed E-state index contributed by atoms with van der Waals surface area (Å²) in [6.07, 6.45) is 9.22. The Morgan fingerprint density at radius 1 is 1.10 bits per heavy atom. The Morgan fingerprint density at radius 2 is 1.90 bits per heavy atom. The van der Waals surface area contributed by atoms with Crippen LogP contribution in [0.3, 0.4) is 0 Å². The topological polar surface area (TPSA) is 121 Å². The van der Waals surface area contributed by atoms with Crippen LogP contribution in [0.4, 0.5) is 17.6 Å². The van der Waals surface area contributed by atoms with E-state index in [1.54, 1.807) is 24.7 Å². The molecule has 1 aliphatic carbocycles. The van der Waals surface area contributed by atoms with E-state index in [1.807, 2.05) is 4.57 Å². The second kappa shape index (κ2) is 7.86. The lowest BCUT2D eigenvalue weighted by Gasteiger charge is -2.28. The van der Waals surface area contributed by atoms with Gasteiger partial charge >= 0.3 is 5.97 Å². The number of rotatable bonds is 5. The van der Waals surface area contributed by atoms with Gasteiger partial charge in [-0.05, 0) is 18.9 Å². The molecule has 1 saturated carbocycles. The van der Waals surface area contributed by atoms with E-state index in [2.05, 4.69) is 35.5 Å². The molecule has 2 fully saturated rings. The number of fused-ring (bicyclic) bond motifs is 1. The van der Waals surface area contributed by atoms with Gasteiger partial charge in [-0.2, -0.15) is 4.98 Å². The molecule has 1 aliphatic heterocycles. The third-order valence-corrected chi connectivity index (χ3v) is 5.80. The molecule has 10 heteroatoms. The summed E-state index contributed by atoms with van der Waals surface area (Å²) in [6, 6.07) is 1.82. The van der Waals surface area contributed by atoms with Gasteiger partial charge in [-0.15, -0.1) is 0 Å². The van der Waals surface area contributed by atoms with Gasteiger partial charge in [-0.3, -0.25) is 0 Å². The third-order valence-electron chi connectivity index (χ3n) is 5.80. The van der Waals surface area contributed by atoms with E-state index in [0.29, 0.717) is 17.4 Å². The standard InChI is InChI=1S/C20H24N8O2/c29-19(30)15-9-13-10-24-20(26-18(13)28(15)14-3-1-2-4-14)25-16-11-23-17(12-22-16)27-7-5-21-6-8-27/h9-12,14,21H,1-8H2,(H,29,30)(H,22,24,25,26). The van der Waals surface area contributed by atoms with Crippen molar-refractivity contribution in [1.29, 1.82) is 0 Å². The van der Waals surface area contributed by atoms with E-state index in [0.717, 1.165) is 63.1 Å². The lowest BCUT2D eigenvalue weighted by molar-refractivity contribution is 0.0683. The largest absolute Gasteiger partial charge is 0.477 e. The molecule has 0 unspecified atom stereocenters. The molecule has 2 aliphatic rings. The first-order valence-electron chi connectivity index (χ1n) is 10.3. The van der Waals surface area contributed by atoms with Crippen molar-refractivity contribution < 1.29 is 9.90 Å². The number of nitrogens with zero attached hydrogens (tertiary/aromatic N) is 6. The van der Waals surface area contributed by atoms with Crippen LogP contribution in [-0.4, -0.2) is 61.8 Å². The Balaban J connectivity index is 1.42. The Morgan fingerprint density at radius 3 is 2.60 bits per heavy atom. The van der Waals surface area contributed by atoms with Gasteiger partial charge in [-0.25, -0.2) is 19.7 Å². The average Bonchev–Trinajstić information content (AvgIpc) is 3.42. The molecule has 3 aromatic rings. The summed E-state index contributed by atoms with van der Waals surface area (Å²) in [7, 11) is 0. The van der Waals surface area contributed by atoms with Crippen LogP contribution in [-0.2, 0) is 0 Å². The fourth-order valence-corrected chi connectivity index (χ4v) is 4.32. The molecular formula is C20H24N8O2. The van der Waals surface area contributed by atoms with Crippen molar-refractivity contribution in [3.63, 3.8) is 0 Å². The van der Waals surface area contributed by atoms with Gasteiger partial charge in [0.15, 0.2) is 5.82 Å². The SMILES string of the molecule is O=C(O)c1cc2cnc(Nc3cnc(N4CCNCC4)cn3)nc2n1C1CCCC1. The van der Waals surface area contributed by atoms with E-state index >= 15 is 0 Å². The number of carboxylic acids is 1. The minimum absolute atomic E-state index is 0.162. The maximum Gasteiger partial charge on any atom is 0.352 e. The van der Waals surface area contributed by atoms with E-state index < -0.39 is 5.97 Å². The van der Waals surface area contributed by atoms with Crippen LogP contribution >= 0.6 is 0 Å². The predicted molar refractivity (Wildman–Crippen MR) is 112 cm³/mol. The lowest BCUT2D eigenvalue weighted by Crippen LogP contribution is -2.43. The zero-order chi connectivity index (χ0) is 20.5. The third kappa shape index (κ3) is 3.54. The second-order valence-corrected chi connectivity index (χ2v) is 7.74. The highest BCUT2D eigenvalue weighted by molar-refractivity contribution is 5.93. The van der Waals surface area contributed by atoms with Crippen LogP contribution in [0.1, 0.15) is 42.2 Å². The Labute approximate surface area is 173 Å². The van der Waals surface area contributed by atoms with E-state index in [4.69, 9.17) is 0 Å². The number of hydrogen-bond donors (Lipinski definition) is 3. The molecule has 0 atom stereocenters. The van der Waals surface area contributed by atoms with Crippen molar-refractivity contribution >= 4 is 34.6 Å². The molecule has 10 nitrogen and oxygen atoms in total. The predicted octanol–water partition coefficient (Wildman–Crippen LogP) is 2.19. The van der Waals surface area contributed by atoms with Gasteiger partial charge in [0.1, 0.15) is 17.2 Å². The quantitative estimate of drug-likeness (QED) is 0.583. The summed E-state index contributed by atoms with van der Waals surface area (Å²) in [5, 5.41) is 16.8. The molecule has 0 radical (unpaired) electrons. The molecule has 0 amide bonds. The minimum atomic E-state index is -0.941. The summed E-state index contributed by atoms with van der Waals surface area (Å²) < 4.78 is 1.86. The van der Waals surface area contributed by atoms with Crippen molar-refractivity contribution in [2.45, 2.75) is 31.7 Å². The lowest BCUT2D eigenvalue weighted by atomic mass is 10.2. The minimum Gasteiger partial charge on any atom is -0.477 e. The highest BCUT2D eigenvalue weighted by Crippen LogP contribution is 2.34. The van der Waals surface area contributed by atoms with Crippen molar-refractivity contribution in [2.75, 3.05) is 36.4 Å². The van der Waals surface area contributed by atoms with Crippen LogP contribution in [0.25, 0.3) is 11.0 Å². The molecule has 1 saturated heterocycles. The summed E-state index contributed by atoms with van der Waals surface area (Å²) in [5.74, 6) is 0.829. The Kier molecular flexibility index (Phi) is 4.91. The molecule has 3 N–H and O–H groups in total. The van der Waals surface area contributed by atoms with Gasteiger partial charge in [0, 0.05) is 43.8 Å². The normalized spacial score (nSPS) is 17.5. The van der Waals surface area contributed by atoms with Crippen molar-refractivity contribution in [3.05, 3.63) is 30.4 Å². The van der Waals surface area contributed by atoms with Gasteiger partial charge in [0.25, 0.3) is 0 Å². The second-order valence-electron chi connectivity index (χ2n) is 7.74. The van der Waals surface area contributed by atoms with E-state index in [-0.39, 0.29) is 11.7 Å². The zero-order valence-corrected chi connectivity index (χ0v) is 16.6. The number of nitrogens with one attached hydrogen (secondary N) is 2. The molecule has 3 aromatic heterocycles. The first-order valence-corrected chi connectivity index (χ1v) is 10.3. The molecule has 156 valence electrons. The monoisotopic (exact) mass is 408 g/mol. The average molecular weight is 408 g/mol. The first kappa shape index (κ1) is 18.7. The molecule has 5 rings (SSSR count). The number of piperazine rings is 1. The molecule has 0 spiro atoms. The smallest absolute Gasteiger partial charge is 0.352 e. The Bertz CT molecular complexity index is 1050. The number of aromatic carboxylic acids is 1. The number of anilines is 3. The van der Waals surface area contributed by atoms with Gasteiger partial charge in [0.2, 0.25) is 5.95 Å². The summed E-state index contributed by atoms with van der Waals surface area (Å²) in [5.41, 5.74) is 0.908. The Hall–Kier alpha value is -3.27. The fourth-order valence-electron chi connectivity index (χ4n) is 4.32. The zero-order valence-electron chi connectivity index (χ0n) is 16.6. The van der Waals surface area contributed by atoms with Crippen molar-refractivity contribution in [3.8, 4) is 0 Å². The van der Waals surface area contributed by atoms with E-state index in [1.165, 1.54) is 0 Å². The summed E-state index contributed by atoms with van der Waals surface area (Å²) in [6.45, 7) is 3.69. The van der Waals surface area contributed by atoms with Crippen molar-refractivity contribution in [1.82, 2.24) is 29.8 Å². The number of carboxylic acid groups (broad SMARTS) is 1. The maximum atomic E-state index is 11.8. The van der Waals surface area contributed by atoms with Crippen LogP contribution in [0.15, 0.2) is 24.7 Å². The van der Waals surface area contributed by atoms with Gasteiger partial charge in [0.05, 0.1) is 12.4 Å². The van der Waals surface area contributed by atoms with Crippen LogP contribution < -0.4 is 15.5 Å². The first-order chi connectivity index (χ1) is 14.7.